The van der Waals surface area contributed by atoms with Crippen LogP contribution in [0, 0.1) is 11.3 Å². The van der Waals surface area contributed by atoms with Crippen molar-refractivity contribution in [3.63, 3.8) is 0 Å². The molecular formula is C15H30N2. The van der Waals surface area contributed by atoms with Gasteiger partial charge in [-0.15, -0.1) is 0 Å². The van der Waals surface area contributed by atoms with Gasteiger partial charge in [0.15, 0.2) is 0 Å². The van der Waals surface area contributed by atoms with E-state index in [1.54, 1.807) is 0 Å². The molecule has 1 aliphatic carbocycles. The number of nitrogens with two attached hydrogens (primary N) is 1. The maximum absolute atomic E-state index is 5.88. The summed E-state index contributed by atoms with van der Waals surface area (Å²) in [6, 6.07) is 0.889. The topological polar surface area (TPSA) is 29.3 Å². The average molecular weight is 238 g/mol. The van der Waals surface area contributed by atoms with Crippen LogP contribution in [-0.2, 0) is 0 Å². The number of hydrogen-bond donors (Lipinski definition) is 1. The highest BCUT2D eigenvalue weighted by Crippen LogP contribution is 2.35. The lowest BCUT2D eigenvalue weighted by atomic mass is 9.78. The van der Waals surface area contributed by atoms with Crippen molar-refractivity contribution >= 4 is 0 Å². The van der Waals surface area contributed by atoms with Crippen molar-refractivity contribution in [3.05, 3.63) is 0 Å². The van der Waals surface area contributed by atoms with Crippen LogP contribution < -0.4 is 5.73 Å². The Labute approximate surface area is 107 Å². The number of rotatable bonds is 3. The van der Waals surface area contributed by atoms with E-state index >= 15 is 0 Å². The molecule has 2 heteroatoms. The number of piperidine rings is 1. The predicted octanol–water partition coefficient (Wildman–Crippen LogP) is 3.02. The van der Waals surface area contributed by atoms with Crippen LogP contribution in [0.25, 0.3) is 0 Å². The molecule has 0 atom stereocenters. The lowest BCUT2D eigenvalue weighted by molar-refractivity contribution is 0.0632. The molecule has 17 heavy (non-hydrogen) atoms. The zero-order chi connectivity index (χ0) is 12.3. The minimum Gasteiger partial charge on any atom is -0.330 e. The van der Waals surface area contributed by atoms with Gasteiger partial charge in [0.05, 0.1) is 0 Å². The third-order valence-corrected chi connectivity index (χ3v) is 5.41. The first-order chi connectivity index (χ1) is 8.17. The Bertz CT molecular complexity index is 223. The van der Waals surface area contributed by atoms with Crippen LogP contribution in [0.4, 0.5) is 0 Å². The van der Waals surface area contributed by atoms with Crippen LogP contribution in [0.5, 0.6) is 0 Å². The van der Waals surface area contributed by atoms with Gasteiger partial charge in [-0.05, 0) is 69.5 Å². The van der Waals surface area contributed by atoms with Gasteiger partial charge >= 0.3 is 0 Å². The molecule has 1 heterocycles. The highest BCUT2D eigenvalue weighted by Gasteiger charge is 2.32. The van der Waals surface area contributed by atoms with Crippen molar-refractivity contribution in [1.82, 2.24) is 4.90 Å². The maximum atomic E-state index is 5.88. The van der Waals surface area contributed by atoms with Crippen molar-refractivity contribution in [1.29, 1.82) is 0 Å². The SMILES string of the molecule is CCC1CCC(N2CCC(C)(CN)CC2)CC1. The molecule has 1 saturated heterocycles. The normalized spacial score (nSPS) is 34.8. The van der Waals surface area contributed by atoms with Gasteiger partial charge in [0.25, 0.3) is 0 Å². The predicted molar refractivity (Wildman–Crippen MR) is 74.0 cm³/mol. The Morgan fingerprint density at radius 2 is 1.71 bits per heavy atom. The summed E-state index contributed by atoms with van der Waals surface area (Å²) in [5.41, 5.74) is 6.31. The Hall–Kier alpha value is -0.0800. The fourth-order valence-electron chi connectivity index (χ4n) is 3.55. The number of likely N-dealkylation sites (tertiary alicyclic amines) is 1. The van der Waals surface area contributed by atoms with Gasteiger partial charge in [-0.2, -0.15) is 0 Å². The lowest BCUT2D eigenvalue weighted by Crippen LogP contribution is -2.47. The van der Waals surface area contributed by atoms with Crippen LogP contribution in [0.2, 0.25) is 0 Å². The first-order valence-electron chi connectivity index (χ1n) is 7.61. The first kappa shape index (κ1) is 13.4. The van der Waals surface area contributed by atoms with E-state index in [4.69, 9.17) is 5.73 Å². The van der Waals surface area contributed by atoms with E-state index in [9.17, 15) is 0 Å². The molecule has 0 amide bonds. The van der Waals surface area contributed by atoms with Gasteiger partial charge in [0.2, 0.25) is 0 Å². The fourth-order valence-corrected chi connectivity index (χ4v) is 3.55. The second-order valence-electron chi connectivity index (χ2n) is 6.63. The molecule has 2 fully saturated rings. The van der Waals surface area contributed by atoms with Crippen molar-refractivity contribution in [2.24, 2.45) is 17.1 Å². The molecular weight excluding hydrogens is 208 g/mol. The summed E-state index contributed by atoms with van der Waals surface area (Å²) in [6.07, 6.45) is 9.81. The van der Waals surface area contributed by atoms with E-state index < -0.39 is 0 Å². The zero-order valence-corrected chi connectivity index (χ0v) is 11.8. The molecule has 0 spiro atoms. The maximum Gasteiger partial charge on any atom is 0.00954 e. The quantitative estimate of drug-likeness (QED) is 0.819. The highest BCUT2D eigenvalue weighted by atomic mass is 15.2. The van der Waals surface area contributed by atoms with Crippen LogP contribution in [-0.4, -0.2) is 30.6 Å². The molecule has 2 aliphatic rings. The Morgan fingerprint density at radius 3 is 2.18 bits per heavy atom. The van der Waals surface area contributed by atoms with Crippen molar-refractivity contribution in [2.75, 3.05) is 19.6 Å². The minimum atomic E-state index is 0.428. The second kappa shape index (κ2) is 5.71. The molecule has 0 unspecified atom stereocenters. The fraction of sp³-hybridized carbons (Fsp3) is 1.00. The largest absolute Gasteiger partial charge is 0.330 e. The van der Waals surface area contributed by atoms with Gasteiger partial charge in [0.1, 0.15) is 0 Å². The second-order valence-corrected chi connectivity index (χ2v) is 6.63. The van der Waals surface area contributed by atoms with E-state index in [2.05, 4.69) is 18.7 Å². The van der Waals surface area contributed by atoms with Crippen molar-refractivity contribution in [3.8, 4) is 0 Å². The summed E-state index contributed by atoms with van der Waals surface area (Å²) in [5, 5.41) is 0. The van der Waals surface area contributed by atoms with Gasteiger partial charge in [-0.25, -0.2) is 0 Å². The smallest absolute Gasteiger partial charge is 0.00954 e. The van der Waals surface area contributed by atoms with Gasteiger partial charge in [-0.1, -0.05) is 20.3 Å². The summed E-state index contributed by atoms with van der Waals surface area (Å²) >= 11 is 0. The van der Waals surface area contributed by atoms with E-state index in [0.29, 0.717) is 5.41 Å². The Balaban J connectivity index is 1.78. The summed E-state index contributed by atoms with van der Waals surface area (Å²) in [5.74, 6) is 1.02. The third-order valence-electron chi connectivity index (χ3n) is 5.41. The minimum absolute atomic E-state index is 0.428. The molecule has 0 aromatic carbocycles. The summed E-state index contributed by atoms with van der Waals surface area (Å²) in [6.45, 7) is 8.14. The molecule has 2 nitrogen and oxygen atoms in total. The number of nitrogens with zero attached hydrogens (tertiary/aromatic N) is 1. The Kier molecular flexibility index (Phi) is 4.48. The molecule has 0 bridgehead atoms. The molecule has 0 aromatic rings. The van der Waals surface area contributed by atoms with Gasteiger partial charge < -0.3 is 10.6 Å². The van der Waals surface area contributed by atoms with Crippen LogP contribution >= 0.6 is 0 Å². The zero-order valence-electron chi connectivity index (χ0n) is 11.8. The van der Waals surface area contributed by atoms with E-state index in [0.717, 1.165) is 18.5 Å². The van der Waals surface area contributed by atoms with E-state index in [1.165, 1.54) is 58.0 Å². The third kappa shape index (κ3) is 3.23. The monoisotopic (exact) mass is 238 g/mol. The van der Waals surface area contributed by atoms with Crippen molar-refractivity contribution < 1.29 is 0 Å². The molecule has 0 aromatic heterocycles. The summed E-state index contributed by atoms with van der Waals surface area (Å²) in [4.78, 5) is 2.75. The molecule has 1 aliphatic heterocycles. The molecule has 100 valence electrons. The van der Waals surface area contributed by atoms with Gasteiger partial charge in [0, 0.05) is 6.04 Å². The summed E-state index contributed by atoms with van der Waals surface area (Å²) < 4.78 is 0. The number of hydrogen-bond acceptors (Lipinski definition) is 2. The Morgan fingerprint density at radius 1 is 1.12 bits per heavy atom. The van der Waals surface area contributed by atoms with E-state index in [-0.39, 0.29) is 0 Å². The van der Waals surface area contributed by atoms with Crippen LogP contribution in [0.15, 0.2) is 0 Å². The average Bonchev–Trinajstić information content (AvgIpc) is 2.40. The molecule has 2 N–H and O–H groups in total. The molecule has 0 radical (unpaired) electrons. The molecule has 1 saturated carbocycles. The first-order valence-corrected chi connectivity index (χ1v) is 7.61. The van der Waals surface area contributed by atoms with E-state index in [1.807, 2.05) is 0 Å². The van der Waals surface area contributed by atoms with Crippen LogP contribution in [0.3, 0.4) is 0 Å². The molecule has 2 rings (SSSR count). The lowest BCUT2D eigenvalue weighted by Gasteiger charge is -2.44. The highest BCUT2D eigenvalue weighted by molar-refractivity contribution is 4.87. The van der Waals surface area contributed by atoms with Crippen LogP contribution in [0.1, 0.15) is 58.8 Å². The summed E-state index contributed by atoms with van der Waals surface area (Å²) in [7, 11) is 0. The van der Waals surface area contributed by atoms with Gasteiger partial charge in [-0.3, -0.25) is 0 Å². The standard InChI is InChI=1S/C15H30N2/c1-3-13-4-6-14(7-5-13)17-10-8-15(2,12-16)9-11-17/h13-14H,3-12,16H2,1-2H3. The van der Waals surface area contributed by atoms with Crippen molar-refractivity contribution in [2.45, 2.75) is 64.8 Å².